The van der Waals surface area contributed by atoms with Crippen LogP contribution in [0.2, 0.25) is 0 Å². The van der Waals surface area contributed by atoms with Gasteiger partial charge in [0.05, 0.1) is 83.5 Å². The minimum Gasteiger partial charge on any atom is -0.300 e. The van der Waals surface area contributed by atoms with Gasteiger partial charge in [0.2, 0.25) is 0 Å². The molecule has 0 aliphatic rings. The number of Topliss-reactive ketones (excluding diaryl/α,β-unsaturated/α-hetero) is 18. The quantitative estimate of drug-likeness (QED) is 0.0741. The Bertz CT molecular complexity index is 2000. The van der Waals surface area contributed by atoms with Crippen LogP contribution in [-0.2, 0) is 86.3 Å². The van der Waals surface area contributed by atoms with Crippen LogP contribution >= 0.6 is 0 Å². The van der Waals surface area contributed by atoms with Gasteiger partial charge in [-0.05, 0) is 48.5 Å². The fraction of sp³-hybridized carbons (Fsp3) is 0.464. The van der Waals surface area contributed by atoms with E-state index in [0.717, 1.165) is 0 Å². The van der Waals surface area contributed by atoms with Crippen molar-refractivity contribution in [1.29, 1.82) is 0 Å². The third-order valence-electron chi connectivity index (χ3n) is 8.06. The molecule has 0 atom stereocenters. The van der Waals surface area contributed by atoms with Gasteiger partial charge in [-0.1, -0.05) is 93.6 Å². The van der Waals surface area contributed by atoms with E-state index in [1.54, 1.807) is 20.8 Å². The van der Waals surface area contributed by atoms with E-state index >= 15 is 0 Å². The molecule has 18 heteroatoms. The zero-order chi connectivity index (χ0) is 58.2. The second kappa shape index (κ2) is 49.1. The number of ketones is 18. The maximum absolute atomic E-state index is 11.4. The van der Waals surface area contributed by atoms with Crippen molar-refractivity contribution in [2.45, 2.75) is 172 Å². The van der Waals surface area contributed by atoms with Crippen LogP contribution in [0.4, 0.5) is 0 Å². The predicted octanol–water partition coefficient (Wildman–Crippen LogP) is 6.99. The van der Waals surface area contributed by atoms with Gasteiger partial charge in [0.25, 0.3) is 0 Å². The van der Waals surface area contributed by atoms with Crippen molar-refractivity contribution in [3.8, 4) is 0 Å². The highest BCUT2D eigenvalue weighted by molar-refractivity contribution is 6.16. The van der Waals surface area contributed by atoms with Crippen LogP contribution in [0, 0.1) is 0 Å². The molecule has 406 valence electrons. The summed E-state index contributed by atoms with van der Waals surface area (Å²) < 4.78 is 0. The van der Waals surface area contributed by atoms with Crippen LogP contribution < -0.4 is 0 Å². The number of benzene rings is 2. The second-order valence-electron chi connectivity index (χ2n) is 16.5. The Labute approximate surface area is 433 Å². The van der Waals surface area contributed by atoms with Gasteiger partial charge in [-0.2, -0.15) is 0 Å². The van der Waals surface area contributed by atoms with Crippen molar-refractivity contribution in [3.63, 3.8) is 0 Å². The van der Waals surface area contributed by atoms with Crippen molar-refractivity contribution in [1.82, 2.24) is 0 Å². The molecule has 0 fully saturated rings. The minimum absolute atomic E-state index is 0.0625. The van der Waals surface area contributed by atoms with Gasteiger partial charge in [0.15, 0.2) is 0 Å². The molecular formula is C56H74O18. The summed E-state index contributed by atoms with van der Waals surface area (Å²) in [5, 5.41) is 0. The maximum atomic E-state index is 11.4. The van der Waals surface area contributed by atoms with E-state index in [1.807, 2.05) is 79.7 Å². The Morgan fingerprint density at radius 3 is 0.405 bits per heavy atom. The molecule has 0 bridgehead atoms. The topological polar surface area (TPSA) is 307 Å². The summed E-state index contributed by atoms with van der Waals surface area (Å²) in [7, 11) is 0. The molecular weight excluding hydrogens is 961 g/mol. The Morgan fingerprint density at radius 1 is 0.176 bits per heavy atom. The van der Waals surface area contributed by atoms with Crippen LogP contribution in [0.1, 0.15) is 172 Å². The summed E-state index contributed by atoms with van der Waals surface area (Å²) in [5.74, 6) is -6.32. The number of hydrogen-bond acceptors (Lipinski definition) is 18. The van der Waals surface area contributed by atoms with Gasteiger partial charge < -0.3 is 4.79 Å². The number of carbonyl (C=O) groups excluding carboxylic acids is 18. The van der Waals surface area contributed by atoms with Gasteiger partial charge in [0.1, 0.15) is 104 Å². The second-order valence-corrected chi connectivity index (χ2v) is 16.5. The van der Waals surface area contributed by atoms with E-state index in [9.17, 15) is 86.3 Å². The highest BCUT2D eigenvalue weighted by Gasteiger charge is 2.20. The smallest absolute Gasteiger partial charge is 0.147 e. The van der Waals surface area contributed by atoms with Crippen LogP contribution in [-0.4, -0.2) is 104 Å². The highest BCUT2D eigenvalue weighted by Crippen LogP contribution is 2.04. The summed E-state index contributed by atoms with van der Waals surface area (Å²) in [6.45, 7) is 14.6. The Kier molecular flexibility index (Phi) is 50.0. The fourth-order valence-corrected chi connectivity index (χ4v) is 4.80. The molecule has 0 radical (unpaired) electrons. The zero-order valence-corrected chi connectivity index (χ0v) is 44.6. The van der Waals surface area contributed by atoms with Crippen molar-refractivity contribution in [2.24, 2.45) is 0 Å². The van der Waals surface area contributed by atoms with E-state index in [-0.39, 0.29) is 116 Å². The largest absolute Gasteiger partial charge is 0.300 e. The van der Waals surface area contributed by atoms with Crippen LogP contribution in [0.25, 0.3) is 0 Å². The summed E-state index contributed by atoms with van der Waals surface area (Å²) in [6.07, 6.45) is -3.24. The maximum Gasteiger partial charge on any atom is 0.147 e. The molecule has 74 heavy (non-hydrogen) atoms. The first kappa shape index (κ1) is 75.4. The molecule has 0 unspecified atom stereocenters. The first-order valence-corrected chi connectivity index (χ1v) is 23.5. The van der Waals surface area contributed by atoms with Crippen molar-refractivity contribution >= 4 is 104 Å². The van der Waals surface area contributed by atoms with Crippen molar-refractivity contribution < 1.29 is 86.3 Å². The summed E-state index contributed by atoms with van der Waals surface area (Å²) >= 11 is 0. The number of rotatable bonds is 29. The van der Waals surface area contributed by atoms with Crippen LogP contribution in [0.5, 0.6) is 0 Å². The monoisotopic (exact) mass is 1030 g/mol. The predicted molar refractivity (Wildman–Crippen MR) is 274 cm³/mol. The van der Waals surface area contributed by atoms with Gasteiger partial charge in [0, 0.05) is 19.3 Å². The number of carbonyl (C=O) groups is 18. The van der Waals surface area contributed by atoms with E-state index in [0.29, 0.717) is 6.42 Å². The highest BCUT2D eigenvalue weighted by atomic mass is 16.2. The van der Waals surface area contributed by atoms with Crippen molar-refractivity contribution in [2.75, 3.05) is 0 Å². The standard InChI is InChI=1S/2C14H18O6.C7H10O3.2C6H6.C5H8O2.C4H8O/c2*1-3-10(16)5-12(18)7-14(20)8-13(19)6-11(17)4-9(2)15;1-5(8)3-7(10)4-6(2)9;2*1-2-4-6-5-3-1;1-4(6)3-5(2)7;1-3-4(2)5/h2*3-8H2,1-2H3;3-4H2,1-2H3;2*1-6H;3H2,1-2H3;3H2,1-2H3. The van der Waals surface area contributed by atoms with Gasteiger partial charge >= 0.3 is 0 Å². The van der Waals surface area contributed by atoms with E-state index in [2.05, 4.69) is 0 Å². The first-order valence-electron chi connectivity index (χ1n) is 23.5. The average molecular weight is 1040 g/mol. The molecule has 0 aliphatic carbocycles. The molecule has 2 rings (SSSR count). The Balaban J connectivity index is -0.000000269. The van der Waals surface area contributed by atoms with E-state index in [1.165, 1.54) is 41.5 Å². The lowest BCUT2D eigenvalue weighted by Gasteiger charge is -2.00. The molecule has 0 N–H and O–H groups in total. The molecule has 18 nitrogen and oxygen atoms in total. The molecule has 0 spiro atoms. The third kappa shape index (κ3) is 66.6. The molecule has 0 aromatic heterocycles. The zero-order valence-electron chi connectivity index (χ0n) is 44.6. The first-order chi connectivity index (χ1) is 34.4. The Hall–Kier alpha value is -7.50. The lowest BCUT2D eigenvalue weighted by atomic mass is 10.0. The van der Waals surface area contributed by atoms with E-state index < -0.39 is 84.8 Å². The lowest BCUT2D eigenvalue weighted by Crippen LogP contribution is -2.17. The van der Waals surface area contributed by atoms with E-state index in [4.69, 9.17) is 0 Å². The van der Waals surface area contributed by atoms with Gasteiger partial charge in [-0.15, -0.1) is 0 Å². The molecule has 0 heterocycles. The Morgan fingerprint density at radius 2 is 0.297 bits per heavy atom. The molecule has 2 aromatic rings. The lowest BCUT2D eigenvalue weighted by molar-refractivity contribution is -0.136. The summed E-state index contributed by atoms with van der Waals surface area (Å²) in [5.41, 5.74) is 0. The van der Waals surface area contributed by atoms with Crippen LogP contribution in [0.3, 0.4) is 0 Å². The number of hydrogen-bond donors (Lipinski definition) is 0. The van der Waals surface area contributed by atoms with Crippen LogP contribution in [0.15, 0.2) is 72.8 Å². The normalized spacial score (nSPS) is 9.16. The third-order valence-corrected chi connectivity index (χ3v) is 8.06. The molecule has 0 aliphatic heterocycles. The summed E-state index contributed by atoms with van der Waals surface area (Å²) in [6, 6.07) is 24.0. The SMILES string of the molecule is CC(=O)CC(=O)CC(C)=O.CC(=O)CC(C)=O.CCC(=O)CC(=O)CC(=O)CC(=O)CC(=O)CC(C)=O.CCC(=O)CC(=O)CC(=O)CC(=O)CC(=O)CC(C)=O.CCC(C)=O.c1ccccc1.c1ccccc1. The molecule has 0 saturated carbocycles. The average Bonchev–Trinajstić information content (AvgIpc) is 3.26. The molecule has 0 amide bonds. The minimum atomic E-state index is -0.615. The van der Waals surface area contributed by atoms with Gasteiger partial charge in [-0.25, -0.2) is 0 Å². The van der Waals surface area contributed by atoms with Crippen molar-refractivity contribution in [3.05, 3.63) is 72.8 Å². The fourth-order valence-electron chi connectivity index (χ4n) is 4.80. The summed E-state index contributed by atoms with van der Waals surface area (Å²) in [4.78, 5) is 195. The molecule has 0 saturated heterocycles. The van der Waals surface area contributed by atoms with Gasteiger partial charge in [-0.3, -0.25) is 81.5 Å². The molecule has 2 aromatic carbocycles.